The summed E-state index contributed by atoms with van der Waals surface area (Å²) in [7, 11) is 0. The molecule has 0 amide bonds. The molecule has 7 heteroatoms. The number of nitrogens with zero attached hydrogens (tertiary/aromatic N) is 4. The zero-order chi connectivity index (χ0) is 38.9. The Morgan fingerprint density at radius 1 is 0.373 bits per heavy atom. The first-order chi connectivity index (χ1) is 29.1. The van der Waals surface area contributed by atoms with Gasteiger partial charge in [0.2, 0.25) is 0 Å². The van der Waals surface area contributed by atoms with E-state index in [-0.39, 0.29) is 11.1 Å². The predicted octanol–water partition coefficient (Wildman–Crippen LogP) is 11.8. The van der Waals surface area contributed by atoms with Gasteiger partial charge in [-0.15, -0.1) is 0 Å². The maximum absolute atomic E-state index is 14.3. The molecular formula is C52H28N4O3. The monoisotopic (exact) mass is 756 g/mol. The van der Waals surface area contributed by atoms with Crippen LogP contribution in [0.25, 0.3) is 121 Å². The van der Waals surface area contributed by atoms with Crippen LogP contribution in [0.2, 0.25) is 0 Å². The molecule has 7 nitrogen and oxygen atoms in total. The summed E-state index contributed by atoms with van der Waals surface area (Å²) in [5.41, 5.74) is 10.2. The zero-order valence-electron chi connectivity index (χ0n) is 31.2. The molecule has 5 aromatic heterocycles. The van der Waals surface area contributed by atoms with E-state index in [1.807, 2.05) is 140 Å². The molecule has 0 aliphatic rings. The molecule has 274 valence electrons. The van der Waals surface area contributed by atoms with E-state index < -0.39 is 0 Å². The van der Waals surface area contributed by atoms with Crippen molar-refractivity contribution >= 4 is 76.3 Å². The highest BCUT2D eigenvalue weighted by atomic mass is 16.3. The van der Waals surface area contributed by atoms with Crippen molar-refractivity contribution < 1.29 is 4.42 Å². The fourth-order valence-electron chi connectivity index (χ4n) is 9.54. The van der Waals surface area contributed by atoms with E-state index in [4.69, 9.17) is 14.4 Å². The van der Waals surface area contributed by atoms with Crippen molar-refractivity contribution in [3.63, 3.8) is 0 Å². The summed E-state index contributed by atoms with van der Waals surface area (Å²) in [4.78, 5) is 38.7. The topological polar surface area (TPSA) is 81.9 Å². The van der Waals surface area contributed by atoms with E-state index in [1.165, 1.54) is 0 Å². The van der Waals surface area contributed by atoms with E-state index in [1.54, 1.807) is 8.80 Å². The lowest BCUT2D eigenvalue weighted by Gasteiger charge is -2.13. The Labute approximate surface area is 334 Å². The molecule has 0 atom stereocenters. The fraction of sp³-hybridized carbons (Fsp3) is 0. The molecule has 59 heavy (non-hydrogen) atoms. The Bertz CT molecular complexity index is 4000. The van der Waals surface area contributed by atoms with Gasteiger partial charge in [0.25, 0.3) is 11.1 Å². The molecule has 0 fully saturated rings. The maximum atomic E-state index is 14.3. The van der Waals surface area contributed by atoms with Gasteiger partial charge in [-0.05, 0) is 75.5 Å². The molecule has 0 unspecified atom stereocenters. The van der Waals surface area contributed by atoms with Crippen LogP contribution in [0.3, 0.4) is 0 Å². The Morgan fingerprint density at radius 2 is 0.881 bits per heavy atom. The van der Waals surface area contributed by atoms with E-state index in [0.717, 1.165) is 98.9 Å². The van der Waals surface area contributed by atoms with Crippen molar-refractivity contribution in [3.05, 3.63) is 191 Å². The molecule has 5 heterocycles. The van der Waals surface area contributed by atoms with E-state index in [2.05, 4.69) is 30.3 Å². The number of imidazole rings is 2. The molecule has 0 spiro atoms. The number of furan rings is 1. The Kier molecular flexibility index (Phi) is 6.34. The Morgan fingerprint density at radius 3 is 1.47 bits per heavy atom. The van der Waals surface area contributed by atoms with E-state index in [0.29, 0.717) is 22.4 Å². The smallest absolute Gasteiger partial charge is 0.264 e. The van der Waals surface area contributed by atoms with Gasteiger partial charge < -0.3 is 4.42 Å². The average molecular weight is 757 g/mol. The number of hydrogen-bond acceptors (Lipinski definition) is 5. The lowest BCUT2D eigenvalue weighted by Crippen LogP contribution is -2.14. The summed E-state index contributed by atoms with van der Waals surface area (Å²) < 4.78 is 10.2. The third-order valence-corrected chi connectivity index (χ3v) is 12.1. The van der Waals surface area contributed by atoms with Gasteiger partial charge in [0.1, 0.15) is 22.8 Å². The van der Waals surface area contributed by atoms with Crippen LogP contribution in [0.15, 0.2) is 184 Å². The summed E-state index contributed by atoms with van der Waals surface area (Å²) in [6.45, 7) is 0. The molecular weight excluding hydrogens is 729 g/mol. The number of hydrogen-bond donors (Lipinski definition) is 0. The molecule has 8 aromatic carbocycles. The SMILES string of the molecule is O=c1c2ccccc2c2c(-c3ccc4oc5cccc(-c6ccc7nc(-c8ccccc8)n8c(=O)c9ccccc9c6c78)c5c4c3)ccc3nc(-c4ccccc4)n1c32. The van der Waals surface area contributed by atoms with Crippen LogP contribution in [-0.2, 0) is 0 Å². The van der Waals surface area contributed by atoms with Gasteiger partial charge in [-0.1, -0.05) is 127 Å². The highest BCUT2D eigenvalue weighted by Crippen LogP contribution is 2.45. The minimum Gasteiger partial charge on any atom is -0.456 e. The second-order valence-electron chi connectivity index (χ2n) is 15.2. The van der Waals surface area contributed by atoms with Gasteiger partial charge in [-0.3, -0.25) is 18.4 Å². The molecule has 0 saturated carbocycles. The van der Waals surface area contributed by atoms with Crippen molar-refractivity contribution in [1.29, 1.82) is 0 Å². The summed E-state index contributed by atoms with van der Waals surface area (Å²) in [5.74, 6) is 1.25. The number of pyridine rings is 2. The largest absolute Gasteiger partial charge is 0.456 e. The predicted molar refractivity (Wildman–Crippen MR) is 238 cm³/mol. The van der Waals surface area contributed by atoms with Gasteiger partial charge >= 0.3 is 0 Å². The minimum atomic E-state index is -0.0929. The van der Waals surface area contributed by atoms with Crippen molar-refractivity contribution in [2.24, 2.45) is 0 Å². The van der Waals surface area contributed by atoms with Crippen LogP contribution in [0.5, 0.6) is 0 Å². The molecule has 0 aliphatic carbocycles. The van der Waals surface area contributed by atoms with E-state index >= 15 is 0 Å². The second-order valence-corrected chi connectivity index (χ2v) is 15.2. The normalized spacial score (nSPS) is 12.2. The standard InChI is InChI=1S/C52H28N4O3/c57-51-37-18-9-7-16-34(37)45-32(23-25-40-47(45)55(51)49(53-40)29-12-3-1-4-13-29)31-22-27-42-39(28-31)44-33(20-11-21-43(44)59-42)36-24-26-41-48-46(36)35-17-8-10-19-38(35)52(58)56(48)50(54-41)30-14-5-2-6-15-30/h1-28H. The Balaban J connectivity index is 1.10. The van der Waals surface area contributed by atoms with Gasteiger partial charge in [0.05, 0.1) is 22.1 Å². The quantitative estimate of drug-likeness (QED) is 0.167. The number of aromatic nitrogens is 4. The number of rotatable bonds is 4. The van der Waals surface area contributed by atoms with Crippen molar-refractivity contribution in [2.75, 3.05) is 0 Å². The first-order valence-corrected chi connectivity index (χ1v) is 19.6. The first-order valence-electron chi connectivity index (χ1n) is 19.6. The molecule has 0 aliphatic heterocycles. The second kappa shape index (κ2) is 11.7. The summed E-state index contributed by atoms with van der Waals surface area (Å²) in [6.07, 6.45) is 0. The Hall–Kier alpha value is -8.16. The third kappa shape index (κ3) is 4.30. The number of benzene rings is 8. The van der Waals surface area contributed by atoms with Crippen LogP contribution < -0.4 is 11.1 Å². The molecule has 13 rings (SSSR count). The van der Waals surface area contributed by atoms with Gasteiger partial charge in [-0.25, -0.2) is 9.97 Å². The number of fused-ring (bicyclic) bond motifs is 7. The zero-order valence-corrected chi connectivity index (χ0v) is 31.2. The van der Waals surface area contributed by atoms with Crippen LogP contribution in [-0.4, -0.2) is 18.8 Å². The lowest BCUT2D eigenvalue weighted by molar-refractivity contribution is 0.669. The van der Waals surface area contributed by atoms with Crippen LogP contribution >= 0.6 is 0 Å². The third-order valence-electron chi connectivity index (χ3n) is 12.1. The summed E-state index contributed by atoms with van der Waals surface area (Å²) in [5, 5.41) is 6.91. The van der Waals surface area contributed by atoms with Crippen LogP contribution in [0.1, 0.15) is 0 Å². The van der Waals surface area contributed by atoms with Gasteiger partial charge in [-0.2, -0.15) is 0 Å². The molecule has 0 bridgehead atoms. The fourth-order valence-corrected chi connectivity index (χ4v) is 9.54. The van der Waals surface area contributed by atoms with E-state index in [9.17, 15) is 9.59 Å². The van der Waals surface area contributed by atoms with Crippen molar-refractivity contribution in [2.45, 2.75) is 0 Å². The van der Waals surface area contributed by atoms with Crippen LogP contribution in [0.4, 0.5) is 0 Å². The summed E-state index contributed by atoms with van der Waals surface area (Å²) in [6, 6.07) is 56.3. The maximum Gasteiger partial charge on any atom is 0.264 e. The molecule has 13 aromatic rings. The first kappa shape index (κ1) is 32.0. The summed E-state index contributed by atoms with van der Waals surface area (Å²) >= 11 is 0. The highest BCUT2D eigenvalue weighted by molar-refractivity contribution is 6.23. The highest BCUT2D eigenvalue weighted by Gasteiger charge is 2.25. The van der Waals surface area contributed by atoms with Gasteiger partial charge in [0, 0.05) is 43.4 Å². The molecule has 0 saturated heterocycles. The average Bonchev–Trinajstić information content (AvgIpc) is 4.00. The van der Waals surface area contributed by atoms with Gasteiger partial charge in [0.15, 0.2) is 0 Å². The lowest BCUT2D eigenvalue weighted by atomic mass is 9.92. The van der Waals surface area contributed by atoms with Crippen LogP contribution in [0, 0.1) is 0 Å². The molecule has 0 radical (unpaired) electrons. The van der Waals surface area contributed by atoms with Crippen molar-refractivity contribution in [1.82, 2.24) is 18.8 Å². The minimum absolute atomic E-state index is 0.0889. The van der Waals surface area contributed by atoms with Crippen molar-refractivity contribution in [3.8, 4) is 45.0 Å². The molecule has 0 N–H and O–H groups in total.